The van der Waals surface area contributed by atoms with E-state index in [0.29, 0.717) is 11.5 Å². The Labute approximate surface area is 88.2 Å². The molecular formula is C10H14O2Se. The summed E-state index contributed by atoms with van der Waals surface area (Å²) in [5.41, 5.74) is 0. The Hall–Kier alpha value is -0.661. The van der Waals surface area contributed by atoms with Crippen LogP contribution in [-0.4, -0.2) is 29.2 Å². The van der Waals surface area contributed by atoms with E-state index in [1.807, 2.05) is 18.2 Å². The molecule has 0 saturated carbocycles. The average Bonchev–Trinajstić information content (AvgIpc) is 2.15. The van der Waals surface area contributed by atoms with E-state index >= 15 is 0 Å². The minimum atomic E-state index is -1.15. The van der Waals surface area contributed by atoms with Gasteiger partial charge in [0.1, 0.15) is 0 Å². The zero-order chi connectivity index (χ0) is 11.5. The summed E-state index contributed by atoms with van der Waals surface area (Å²) >= 11 is -0.216. The van der Waals surface area contributed by atoms with Crippen molar-refractivity contribution in [2.24, 2.45) is 0 Å². The molecule has 0 bridgehead atoms. The summed E-state index contributed by atoms with van der Waals surface area (Å²) in [5.74, 6) is 1.33. The third-order valence-corrected chi connectivity index (χ3v) is 3.03. The van der Waals surface area contributed by atoms with Crippen LogP contribution in [0.25, 0.3) is 0 Å². The van der Waals surface area contributed by atoms with Gasteiger partial charge in [0.25, 0.3) is 0 Å². The summed E-state index contributed by atoms with van der Waals surface area (Å²) in [6, 6.07) is 5.52. The monoisotopic (exact) mass is 247 g/mol. The van der Waals surface area contributed by atoms with Gasteiger partial charge in [-0.1, -0.05) is 0 Å². The summed E-state index contributed by atoms with van der Waals surface area (Å²) in [6.07, 6.45) is 0. The number of ether oxygens (including phenoxy) is 2. The van der Waals surface area contributed by atoms with E-state index in [0.717, 1.165) is 4.46 Å². The third-order valence-electron chi connectivity index (χ3n) is 1.57. The van der Waals surface area contributed by atoms with Gasteiger partial charge < -0.3 is 0 Å². The normalized spacial score (nSPS) is 16.8. The summed E-state index contributed by atoms with van der Waals surface area (Å²) in [6.45, 7) is 1.59. The van der Waals surface area contributed by atoms with Gasteiger partial charge in [0.05, 0.1) is 0 Å². The maximum atomic E-state index is 7.52. The third kappa shape index (κ3) is 2.64. The second kappa shape index (κ2) is 5.15. The van der Waals surface area contributed by atoms with Gasteiger partial charge in [0.2, 0.25) is 0 Å². The van der Waals surface area contributed by atoms with Gasteiger partial charge in [0, 0.05) is 0 Å². The average molecular weight is 246 g/mol. The van der Waals surface area contributed by atoms with Crippen LogP contribution in [0.5, 0.6) is 11.5 Å². The molecule has 13 heavy (non-hydrogen) atoms. The molecule has 1 unspecified atom stereocenters. The van der Waals surface area contributed by atoms with Crippen molar-refractivity contribution in [2.45, 2.75) is 12.2 Å². The number of hydrogen-bond donors (Lipinski definition) is 0. The predicted octanol–water partition coefficient (Wildman–Crippen LogP) is 1.47. The molecule has 0 amide bonds. The Bertz CT molecular complexity index is 337. The zero-order valence-electron chi connectivity index (χ0n) is 9.96. The van der Waals surface area contributed by atoms with Gasteiger partial charge in [-0.05, 0) is 0 Å². The molecule has 0 N–H and O–H groups in total. The van der Waals surface area contributed by atoms with E-state index < -0.39 is 5.27 Å². The van der Waals surface area contributed by atoms with Crippen LogP contribution in [0.15, 0.2) is 18.2 Å². The van der Waals surface area contributed by atoms with Crippen molar-refractivity contribution in [1.82, 2.24) is 0 Å². The summed E-state index contributed by atoms with van der Waals surface area (Å²) in [4.78, 5) is 0. The Balaban J connectivity index is 2.93. The fourth-order valence-corrected chi connectivity index (χ4v) is 2.13. The first-order valence-electron chi connectivity index (χ1n) is 4.87. The number of hydrogen-bond acceptors (Lipinski definition) is 2. The molecule has 0 saturated heterocycles. The molecule has 0 aliphatic rings. The van der Waals surface area contributed by atoms with Crippen LogP contribution in [0.3, 0.4) is 0 Å². The molecule has 72 valence electrons. The van der Waals surface area contributed by atoms with Crippen LogP contribution in [0.2, 0.25) is 5.27 Å². The topological polar surface area (TPSA) is 18.5 Å². The SMILES string of the molecule is [1H]C([2H])(C)[Se]c1ccc(OC)c(OC)c1. The molecule has 2 nitrogen and oxygen atoms in total. The van der Waals surface area contributed by atoms with Crippen LogP contribution in [0.4, 0.5) is 0 Å². The van der Waals surface area contributed by atoms with Crippen LogP contribution in [0.1, 0.15) is 9.67 Å². The van der Waals surface area contributed by atoms with Gasteiger partial charge in [0.15, 0.2) is 0 Å². The van der Waals surface area contributed by atoms with Crippen molar-refractivity contribution in [2.75, 3.05) is 14.2 Å². The van der Waals surface area contributed by atoms with Gasteiger partial charge in [-0.25, -0.2) is 0 Å². The summed E-state index contributed by atoms with van der Waals surface area (Å²) < 4.78 is 26.3. The molecule has 1 rings (SSSR count). The first kappa shape index (κ1) is 7.72. The molecule has 1 aromatic rings. The van der Waals surface area contributed by atoms with Crippen molar-refractivity contribution < 1.29 is 12.2 Å². The van der Waals surface area contributed by atoms with Gasteiger partial charge in [-0.3, -0.25) is 0 Å². The summed E-state index contributed by atoms with van der Waals surface area (Å²) in [7, 11) is 3.16. The van der Waals surface area contributed by atoms with Crippen LogP contribution < -0.4 is 13.9 Å². The van der Waals surface area contributed by atoms with Crippen LogP contribution in [-0.2, 0) is 0 Å². The van der Waals surface area contributed by atoms with Crippen molar-refractivity contribution in [1.29, 1.82) is 0 Å². The van der Waals surface area contributed by atoms with E-state index in [4.69, 9.17) is 12.2 Å². The van der Waals surface area contributed by atoms with E-state index in [1.54, 1.807) is 21.1 Å². The Morgan fingerprint density at radius 3 is 2.69 bits per heavy atom. The molecule has 0 fully saturated rings. The fourth-order valence-electron chi connectivity index (χ4n) is 0.998. The summed E-state index contributed by atoms with van der Waals surface area (Å²) in [5, 5.41) is -1.15. The Kier molecular flexibility index (Phi) is 3.06. The van der Waals surface area contributed by atoms with Crippen molar-refractivity contribution in [3.63, 3.8) is 0 Å². The van der Waals surface area contributed by atoms with Gasteiger partial charge >= 0.3 is 87.7 Å². The molecule has 0 spiro atoms. The maximum absolute atomic E-state index is 7.52. The molecule has 0 aromatic heterocycles. The first-order chi connectivity index (χ1) is 6.96. The van der Waals surface area contributed by atoms with Crippen molar-refractivity contribution in [3.05, 3.63) is 18.2 Å². The van der Waals surface area contributed by atoms with E-state index in [1.165, 1.54) is 0 Å². The zero-order valence-corrected chi connectivity index (χ0v) is 9.67. The van der Waals surface area contributed by atoms with Gasteiger partial charge in [-0.15, -0.1) is 0 Å². The van der Waals surface area contributed by atoms with Gasteiger partial charge in [-0.2, -0.15) is 0 Å². The molecule has 1 atom stereocenters. The number of rotatable bonds is 4. The minimum absolute atomic E-state index is 0.216. The second-order valence-electron chi connectivity index (χ2n) is 2.32. The molecule has 3 heteroatoms. The standard InChI is InChI=1S/C10H14O2Se/c1-4-13-8-5-6-9(11-2)10(7-8)12-3/h5-7H,4H2,1-3H3/i4DH. The van der Waals surface area contributed by atoms with E-state index in [9.17, 15) is 0 Å². The number of methoxy groups -OCH3 is 2. The van der Waals surface area contributed by atoms with Crippen LogP contribution in [0, 0.1) is 0 Å². The molecule has 0 aliphatic carbocycles. The van der Waals surface area contributed by atoms with E-state index in [2.05, 4.69) is 0 Å². The Morgan fingerprint density at radius 2 is 2.15 bits per heavy atom. The molecular weight excluding hydrogens is 231 g/mol. The quantitative estimate of drug-likeness (QED) is 0.749. The molecule has 1 aromatic carbocycles. The Morgan fingerprint density at radius 1 is 1.46 bits per heavy atom. The fraction of sp³-hybridized carbons (Fsp3) is 0.400. The van der Waals surface area contributed by atoms with Crippen molar-refractivity contribution >= 4 is 19.4 Å². The molecule has 0 radical (unpaired) electrons. The first-order valence-corrected chi connectivity index (χ1v) is 5.58. The number of benzene rings is 1. The van der Waals surface area contributed by atoms with E-state index in [-0.39, 0.29) is 15.0 Å². The van der Waals surface area contributed by atoms with Crippen LogP contribution >= 0.6 is 0 Å². The van der Waals surface area contributed by atoms with Crippen molar-refractivity contribution in [3.8, 4) is 11.5 Å². The molecule has 0 aliphatic heterocycles. The predicted molar refractivity (Wildman–Crippen MR) is 55.4 cm³/mol. The second-order valence-corrected chi connectivity index (χ2v) is 4.60. The molecule has 0 heterocycles.